The number of rotatable bonds is 19. The Bertz CT molecular complexity index is 1330. The highest BCUT2D eigenvalue weighted by molar-refractivity contribution is 5.97. The normalized spacial score (nSPS) is 14.0. The second-order valence-corrected chi connectivity index (χ2v) is 12.9. The smallest absolute Gasteiger partial charge is 0.253 e. The average Bonchev–Trinajstić information content (AvgIpc) is 3.41. The highest BCUT2D eigenvalue weighted by Gasteiger charge is 2.23. The van der Waals surface area contributed by atoms with Crippen LogP contribution in [0.25, 0.3) is 11.0 Å². The maximum atomic E-state index is 13.8. The van der Waals surface area contributed by atoms with Crippen molar-refractivity contribution in [3.8, 4) is 0 Å². The van der Waals surface area contributed by atoms with E-state index in [1.807, 2.05) is 29.2 Å². The van der Waals surface area contributed by atoms with E-state index in [1.165, 1.54) is 63.4 Å². The topological polar surface area (TPSA) is 117 Å². The van der Waals surface area contributed by atoms with Crippen molar-refractivity contribution in [2.45, 2.75) is 97.4 Å². The molecule has 1 heterocycles. The van der Waals surface area contributed by atoms with Gasteiger partial charge in [-0.1, -0.05) is 70.2 Å². The van der Waals surface area contributed by atoms with Crippen LogP contribution in [0.15, 0.2) is 42.5 Å². The number of amides is 1. The number of hydrogen-bond donors (Lipinski definition) is 3. The number of benzene rings is 2. The number of fused-ring (bicyclic) bond motifs is 1. The van der Waals surface area contributed by atoms with E-state index in [-0.39, 0.29) is 11.7 Å². The molecule has 1 aliphatic rings. The molecular weight excluding hydrogens is 558 g/mol. The van der Waals surface area contributed by atoms with Crippen molar-refractivity contribution < 1.29 is 4.79 Å². The lowest BCUT2D eigenvalue weighted by molar-refractivity contribution is 0.0719. The Morgan fingerprint density at radius 1 is 0.911 bits per heavy atom. The SMILES string of the molecule is CCCCN(CCCC)CCCn1c(CCc2ccc(C(=N)N)cc2)nc2cc(C(=O)N(CCN)CC3CCCCC3)ccc21. The van der Waals surface area contributed by atoms with E-state index in [4.69, 9.17) is 21.9 Å². The maximum Gasteiger partial charge on any atom is 0.253 e. The molecule has 5 N–H and O–H groups in total. The van der Waals surface area contributed by atoms with E-state index < -0.39 is 0 Å². The highest BCUT2D eigenvalue weighted by atomic mass is 16.2. The molecule has 0 bridgehead atoms. The summed E-state index contributed by atoms with van der Waals surface area (Å²) in [5, 5.41) is 7.69. The van der Waals surface area contributed by atoms with Crippen LogP contribution in [0.3, 0.4) is 0 Å². The Morgan fingerprint density at radius 2 is 1.58 bits per heavy atom. The summed E-state index contributed by atoms with van der Waals surface area (Å²) in [6, 6.07) is 14.0. The molecule has 0 spiro atoms. The highest BCUT2D eigenvalue weighted by Crippen LogP contribution is 2.26. The van der Waals surface area contributed by atoms with Crippen LogP contribution in [0.1, 0.15) is 105 Å². The third kappa shape index (κ3) is 10.1. The monoisotopic (exact) mass is 615 g/mol. The molecule has 8 heteroatoms. The number of nitrogen functional groups attached to an aromatic ring is 1. The Labute approximate surface area is 271 Å². The van der Waals surface area contributed by atoms with Crippen molar-refractivity contribution >= 4 is 22.8 Å². The molecule has 0 saturated heterocycles. The van der Waals surface area contributed by atoms with Crippen LogP contribution in [0.2, 0.25) is 0 Å². The van der Waals surface area contributed by atoms with Gasteiger partial charge in [-0.15, -0.1) is 0 Å². The number of imidazole rings is 1. The van der Waals surface area contributed by atoms with E-state index >= 15 is 0 Å². The summed E-state index contributed by atoms with van der Waals surface area (Å²) in [6.07, 6.45) is 13.9. The molecule has 1 amide bonds. The fourth-order valence-corrected chi connectivity index (χ4v) is 6.71. The van der Waals surface area contributed by atoms with Crippen LogP contribution < -0.4 is 11.5 Å². The number of nitrogens with zero attached hydrogens (tertiary/aromatic N) is 4. The molecule has 4 rings (SSSR count). The zero-order valence-electron chi connectivity index (χ0n) is 27.9. The molecule has 0 radical (unpaired) electrons. The fraction of sp³-hybridized carbons (Fsp3) is 0.595. The van der Waals surface area contributed by atoms with Crippen molar-refractivity contribution in [1.82, 2.24) is 19.4 Å². The summed E-state index contributed by atoms with van der Waals surface area (Å²) in [4.78, 5) is 23.5. The second kappa shape index (κ2) is 18.1. The number of nitrogens with one attached hydrogen (secondary N) is 1. The van der Waals surface area contributed by atoms with E-state index in [0.717, 1.165) is 74.4 Å². The zero-order chi connectivity index (χ0) is 32.0. The van der Waals surface area contributed by atoms with Crippen LogP contribution >= 0.6 is 0 Å². The molecule has 3 aromatic rings. The standard InChI is InChI=1S/C37H57N7O/c1-3-5-22-42(23-6-4-2)24-10-25-44-34-19-18-32(37(45)43(26-21-38)28-30-11-8-7-9-12-30)27-33(34)41-35(44)20-15-29-13-16-31(17-14-29)36(39)40/h13-14,16-19,27,30H,3-12,15,20-26,28,38H2,1-2H3,(H3,39,40). The van der Waals surface area contributed by atoms with Gasteiger partial charge in [-0.05, 0) is 87.8 Å². The first-order chi connectivity index (χ1) is 21.9. The number of unbranched alkanes of at least 4 members (excludes halogenated alkanes) is 2. The zero-order valence-corrected chi connectivity index (χ0v) is 27.9. The van der Waals surface area contributed by atoms with Crippen molar-refractivity contribution in [2.75, 3.05) is 39.3 Å². The van der Waals surface area contributed by atoms with Crippen LogP contribution in [-0.4, -0.2) is 70.4 Å². The van der Waals surface area contributed by atoms with Gasteiger partial charge in [0.1, 0.15) is 11.7 Å². The van der Waals surface area contributed by atoms with E-state index in [2.05, 4.69) is 41.5 Å². The minimum absolute atomic E-state index is 0.0667. The lowest BCUT2D eigenvalue weighted by atomic mass is 9.89. The first kappa shape index (κ1) is 34.6. The Balaban J connectivity index is 1.55. The molecule has 1 aliphatic carbocycles. The minimum Gasteiger partial charge on any atom is -0.384 e. The number of nitrogens with two attached hydrogens (primary N) is 2. The van der Waals surface area contributed by atoms with E-state index in [1.54, 1.807) is 0 Å². The van der Waals surface area contributed by atoms with Gasteiger partial charge in [0.15, 0.2) is 0 Å². The number of carbonyl (C=O) groups excluding carboxylic acids is 1. The molecule has 0 aliphatic heterocycles. The summed E-state index contributed by atoms with van der Waals surface area (Å²) in [5.74, 6) is 1.78. The number of carbonyl (C=O) groups is 1. The molecule has 0 unspecified atom stereocenters. The summed E-state index contributed by atoms with van der Waals surface area (Å²) in [5.41, 5.74) is 16.2. The third-order valence-electron chi connectivity index (χ3n) is 9.38. The predicted molar refractivity (Wildman–Crippen MR) is 187 cm³/mol. The van der Waals surface area contributed by atoms with Gasteiger partial charge in [-0.25, -0.2) is 4.98 Å². The van der Waals surface area contributed by atoms with Crippen molar-refractivity contribution in [2.24, 2.45) is 17.4 Å². The Hall–Kier alpha value is -3.23. The van der Waals surface area contributed by atoms with Gasteiger partial charge >= 0.3 is 0 Å². The van der Waals surface area contributed by atoms with Crippen molar-refractivity contribution in [3.63, 3.8) is 0 Å². The van der Waals surface area contributed by atoms with Gasteiger partial charge in [0.2, 0.25) is 0 Å². The van der Waals surface area contributed by atoms with Gasteiger partial charge in [-0.2, -0.15) is 0 Å². The van der Waals surface area contributed by atoms with Gasteiger partial charge in [0.05, 0.1) is 11.0 Å². The molecule has 1 fully saturated rings. The van der Waals surface area contributed by atoms with Gasteiger partial charge < -0.3 is 25.8 Å². The lowest BCUT2D eigenvalue weighted by Crippen LogP contribution is -2.39. The van der Waals surface area contributed by atoms with E-state index in [0.29, 0.717) is 24.6 Å². The number of aromatic nitrogens is 2. The largest absolute Gasteiger partial charge is 0.384 e. The van der Waals surface area contributed by atoms with Crippen molar-refractivity contribution in [3.05, 3.63) is 65.0 Å². The van der Waals surface area contributed by atoms with Crippen LogP contribution in [0.4, 0.5) is 0 Å². The number of amidine groups is 1. The second-order valence-electron chi connectivity index (χ2n) is 12.9. The molecule has 8 nitrogen and oxygen atoms in total. The van der Waals surface area contributed by atoms with Crippen LogP contribution in [-0.2, 0) is 19.4 Å². The molecule has 246 valence electrons. The van der Waals surface area contributed by atoms with Gasteiger partial charge in [-0.3, -0.25) is 10.2 Å². The Kier molecular flexibility index (Phi) is 13.9. The summed E-state index contributed by atoms with van der Waals surface area (Å²) in [6.45, 7) is 10.7. The quantitative estimate of drug-likeness (QED) is 0.107. The predicted octanol–water partition coefficient (Wildman–Crippen LogP) is 6.38. The first-order valence-electron chi connectivity index (χ1n) is 17.6. The van der Waals surface area contributed by atoms with E-state index in [9.17, 15) is 4.79 Å². The molecular formula is C37H57N7O. The van der Waals surface area contributed by atoms with Crippen LogP contribution in [0, 0.1) is 11.3 Å². The Morgan fingerprint density at radius 3 is 2.22 bits per heavy atom. The fourth-order valence-electron chi connectivity index (χ4n) is 6.71. The molecule has 2 aromatic carbocycles. The minimum atomic E-state index is 0.0667. The van der Waals surface area contributed by atoms with Gasteiger partial charge in [0.25, 0.3) is 5.91 Å². The molecule has 1 aromatic heterocycles. The maximum absolute atomic E-state index is 13.8. The van der Waals surface area contributed by atoms with Crippen LogP contribution in [0.5, 0.6) is 0 Å². The summed E-state index contributed by atoms with van der Waals surface area (Å²) < 4.78 is 2.38. The first-order valence-corrected chi connectivity index (χ1v) is 17.6. The average molecular weight is 616 g/mol. The molecule has 1 saturated carbocycles. The van der Waals surface area contributed by atoms with Crippen molar-refractivity contribution in [1.29, 1.82) is 5.41 Å². The summed E-state index contributed by atoms with van der Waals surface area (Å²) in [7, 11) is 0. The summed E-state index contributed by atoms with van der Waals surface area (Å²) >= 11 is 0. The number of aryl methyl sites for hydroxylation is 3. The molecule has 0 atom stereocenters. The third-order valence-corrected chi connectivity index (χ3v) is 9.38. The molecule has 45 heavy (non-hydrogen) atoms. The number of hydrogen-bond acceptors (Lipinski definition) is 5. The van der Waals surface area contributed by atoms with Gasteiger partial charge in [0, 0.05) is 43.7 Å². The lowest BCUT2D eigenvalue weighted by Gasteiger charge is -2.29.